The summed E-state index contributed by atoms with van der Waals surface area (Å²) in [6, 6.07) is 0.0708. The van der Waals surface area contributed by atoms with Gasteiger partial charge in [-0.15, -0.1) is 11.6 Å². The van der Waals surface area contributed by atoms with E-state index in [0.29, 0.717) is 11.5 Å². The van der Waals surface area contributed by atoms with Crippen molar-refractivity contribution in [2.24, 2.45) is 14.1 Å². The average molecular weight is 271 g/mol. The van der Waals surface area contributed by atoms with Crippen LogP contribution in [0.2, 0.25) is 0 Å². The fraction of sp³-hybridized carbons (Fsp3) is 0.545. The van der Waals surface area contributed by atoms with E-state index in [9.17, 15) is 9.59 Å². The zero-order chi connectivity index (χ0) is 13.6. The summed E-state index contributed by atoms with van der Waals surface area (Å²) >= 11 is 5.85. The predicted molar refractivity (Wildman–Crippen MR) is 70.2 cm³/mol. The molecule has 2 aromatic rings. The monoisotopic (exact) mass is 270 g/mol. The number of alkyl halides is 1. The molecule has 0 fully saturated rings. The molecule has 2 heterocycles. The third-order valence-corrected chi connectivity index (χ3v) is 3.23. The highest BCUT2D eigenvalue weighted by molar-refractivity contribution is 6.16. The van der Waals surface area contributed by atoms with E-state index in [0.717, 1.165) is 4.57 Å². The van der Waals surface area contributed by atoms with E-state index in [-0.39, 0.29) is 28.7 Å². The highest BCUT2D eigenvalue weighted by Crippen LogP contribution is 2.18. The lowest BCUT2D eigenvalue weighted by Crippen LogP contribution is -2.37. The molecule has 0 saturated heterocycles. The summed E-state index contributed by atoms with van der Waals surface area (Å²) in [6.07, 6.45) is 0. The van der Waals surface area contributed by atoms with E-state index in [4.69, 9.17) is 11.6 Å². The molecule has 0 spiro atoms. The van der Waals surface area contributed by atoms with Crippen molar-refractivity contribution >= 4 is 22.8 Å². The fourth-order valence-corrected chi connectivity index (χ4v) is 2.32. The SMILES string of the molecule is CC(C)n1c(CCl)nc2c(=O)n(C)c(=O)n(C)c21. The number of halogens is 1. The first-order valence-electron chi connectivity index (χ1n) is 5.63. The maximum absolute atomic E-state index is 12.0. The van der Waals surface area contributed by atoms with Crippen LogP contribution in [0.1, 0.15) is 25.7 Å². The molecule has 2 rings (SSSR count). The van der Waals surface area contributed by atoms with Gasteiger partial charge >= 0.3 is 5.69 Å². The molecule has 18 heavy (non-hydrogen) atoms. The van der Waals surface area contributed by atoms with Crippen molar-refractivity contribution in [3.63, 3.8) is 0 Å². The Bertz CT molecular complexity index is 723. The Kier molecular flexibility index (Phi) is 3.06. The summed E-state index contributed by atoms with van der Waals surface area (Å²) in [5, 5.41) is 0. The van der Waals surface area contributed by atoms with E-state index in [1.807, 2.05) is 18.4 Å². The zero-order valence-electron chi connectivity index (χ0n) is 10.8. The number of aromatic nitrogens is 4. The molecule has 0 atom stereocenters. The summed E-state index contributed by atoms with van der Waals surface area (Å²) in [6.45, 7) is 3.91. The van der Waals surface area contributed by atoms with Crippen LogP contribution < -0.4 is 11.2 Å². The molecule has 0 aromatic carbocycles. The lowest BCUT2D eigenvalue weighted by Gasteiger charge is -2.13. The van der Waals surface area contributed by atoms with Crippen molar-refractivity contribution in [3.8, 4) is 0 Å². The quantitative estimate of drug-likeness (QED) is 0.757. The van der Waals surface area contributed by atoms with Gasteiger partial charge in [-0.25, -0.2) is 9.78 Å². The standard InChI is InChI=1S/C11H15ClN4O2/c1-6(2)16-7(5-12)13-8-9(16)14(3)11(18)15(4)10(8)17/h6H,5H2,1-4H3. The first-order valence-corrected chi connectivity index (χ1v) is 6.16. The smallest absolute Gasteiger partial charge is 0.310 e. The van der Waals surface area contributed by atoms with Gasteiger partial charge in [0.25, 0.3) is 5.56 Å². The van der Waals surface area contributed by atoms with E-state index < -0.39 is 0 Å². The van der Waals surface area contributed by atoms with Crippen molar-refractivity contribution in [1.82, 2.24) is 18.7 Å². The maximum Gasteiger partial charge on any atom is 0.332 e. The third-order valence-electron chi connectivity index (χ3n) is 2.99. The molecule has 0 N–H and O–H groups in total. The summed E-state index contributed by atoms with van der Waals surface area (Å²) in [7, 11) is 3.07. The number of nitrogens with zero attached hydrogens (tertiary/aromatic N) is 4. The van der Waals surface area contributed by atoms with Crippen LogP contribution in [0.25, 0.3) is 11.2 Å². The predicted octanol–water partition coefficient (Wildman–Crippen LogP) is 0.753. The Morgan fingerprint density at radius 3 is 2.33 bits per heavy atom. The van der Waals surface area contributed by atoms with Crippen LogP contribution in [0.5, 0.6) is 0 Å². The molecule has 0 radical (unpaired) electrons. The minimum Gasteiger partial charge on any atom is -0.310 e. The largest absolute Gasteiger partial charge is 0.332 e. The van der Waals surface area contributed by atoms with Gasteiger partial charge < -0.3 is 4.57 Å². The van der Waals surface area contributed by atoms with Gasteiger partial charge in [0.15, 0.2) is 5.52 Å². The second-order valence-corrected chi connectivity index (χ2v) is 4.77. The van der Waals surface area contributed by atoms with E-state index in [2.05, 4.69) is 4.98 Å². The van der Waals surface area contributed by atoms with Crippen molar-refractivity contribution < 1.29 is 0 Å². The van der Waals surface area contributed by atoms with Crippen LogP contribution in [-0.2, 0) is 20.0 Å². The van der Waals surface area contributed by atoms with Crippen LogP contribution in [0, 0.1) is 0 Å². The lowest BCUT2D eigenvalue weighted by atomic mass is 10.3. The van der Waals surface area contributed by atoms with Gasteiger partial charge in [-0.05, 0) is 13.8 Å². The highest BCUT2D eigenvalue weighted by Gasteiger charge is 2.19. The van der Waals surface area contributed by atoms with E-state index in [1.54, 1.807) is 7.05 Å². The maximum atomic E-state index is 12.0. The van der Waals surface area contributed by atoms with Crippen LogP contribution in [0.4, 0.5) is 0 Å². The average Bonchev–Trinajstić information content (AvgIpc) is 2.73. The van der Waals surface area contributed by atoms with Gasteiger partial charge in [0, 0.05) is 20.1 Å². The molecule has 6 nitrogen and oxygen atoms in total. The van der Waals surface area contributed by atoms with E-state index >= 15 is 0 Å². The van der Waals surface area contributed by atoms with Crippen molar-refractivity contribution in [1.29, 1.82) is 0 Å². The highest BCUT2D eigenvalue weighted by atomic mass is 35.5. The number of imidazole rings is 1. The van der Waals surface area contributed by atoms with Crippen LogP contribution in [0.3, 0.4) is 0 Å². The Morgan fingerprint density at radius 2 is 1.83 bits per heavy atom. The van der Waals surface area contributed by atoms with Crippen molar-refractivity contribution in [3.05, 3.63) is 26.7 Å². The minimum atomic E-state index is -0.390. The molecule has 0 aliphatic heterocycles. The molecule has 0 aliphatic rings. The topological polar surface area (TPSA) is 61.8 Å². The molecule has 98 valence electrons. The van der Waals surface area contributed by atoms with Gasteiger partial charge in [-0.1, -0.05) is 0 Å². The van der Waals surface area contributed by atoms with E-state index in [1.165, 1.54) is 11.6 Å². The van der Waals surface area contributed by atoms with Gasteiger partial charge in [-0.2, -0.15) is 0 Å². The molecule has 2 aromatic heterocycles. The van der Waals surface area contributed by atoms with Crippen LogP contribution in [0.15, 0.2) is 9.59 Å². The second-order valence-electron chi connectivity index (χ2n) is 4.50. The Balaban J connectivity index is 3.10. The molecule has 0 bridgehead atoms. The number of hydrogen-bond acceptors (Lipinski definition) is 3. The summed E-state index contributed by atoms with van der Waals surface area (Å²) < 4.78 is 4.31. The Morgan fingerprint density at radius 1 is 1.22 bits per heavy atom. The summed E-state index contributed by atoms with van der Waals surface area (Å²) in [4.78, 5) is 28.2. The second kappa shape index (κ2) is 4.28. The minimum absolute atomic E-state index is 0.0708. The first-order chi connectivity index (χ1) is 8.40. The lowest BCUT2D eigenvalue weighted by molar-refractivity contribution is 0.577. The van der Waals surface area contributed by atoms with Crippen molar-refractivity contribution in [2.75, 3.05) is 0 Å². The molecular weight excluding hydrogens is 256 g/mol. The number of fused-ring (bicyclic) bond motifs is 1. The van der Waals surface area contributed by atoms with Crippen LogP contribution >= 0.6 is 11.6 Å². The Labute approximate surface area is 108 Å². The molecule has 0 unspecified atom stereocenters. The van der Waals surface area contributed by atoms with Crippen LogP contribution in [-0.4, -0.2) is 18.7 Å². The number of rotatable bonds is 2. The molecular formula is C11H15ClN4O2. The summed E-state index contributed by atoms with van der Waals surface area (Å²) in [5.41, 5.74) is 0.0481. The van der Waals surface area contributed by atoms with Gasteiger partial charge in [-0.3, -0.25) is 13.9 Å². The van der Waals surface area contributed by atoms with Gasteiger partial charge in [0.1, 0.15) is 11.5 Å². The Hall–Kier alpha value is -1.56. The first kappa shape index (κ1) is 12.9. The number of aryl methyl sites for hydroxylation is 1. The van der Waals surface area contributed by atoms with Crippen molar-refractivity contribution in [2.45, 2.75) is 25.8 Å². The zero-order valence-corrected chi connectivity index (χ0v) is 11.5. The molecule has 7 heteroatoms. The third kappa shape index (κ3) is 1.59. The normalized spacial score (nSPS) is 11.7. The molecule has 0 saturated carbocycles. The molecule has 0 amide bonds. The number of hydrogen-bond donors (Lipinski definition) is 0. The van der Waals surface area contributed by atoms with Gasteiger partial charge in [0.2, 0.25) is 0 Å². The van der Waals surface area contributed by atoms with Gasteiger partial charge in [0.05, 0.1) is 5.88 Å². The molecule has 0 aliphatic carbocycles. The fourth-order valence-electron chi connectivity index (χ4n) is 2.13. The summed E-state index contributed by atoms with van der Waals surface area (Å²) in [5.74, 6) is 0.796.